The Hall–Kier alpha value is -1.64. The maximum absolute atomic E-state index is 9.45. The monoisotopic (exact) mass is 174 g/mol. The average molecular weight is 174 g/mol. The Morgan fingerprint density at radius 3 is 2.77 bits per heavy atom. The van der Waals surface area contributed by atoms with Crippen molar-refractivity contribution in [2.45, 2.75) is 13.8 Å². The summed E-state index contributed by atoms with van der Waals surface area (Å²) in [4.78, 5) is 8.29. The zero-order valence-electron chi connectivity index (χ0n) is 7.57. The number of hydrogen-bond acceptors (Lipinski definition) is 3. The summed E-state index contributed by atoms with van der Waals surface area (Å²) >= 11 is 0. The molecular formula is C10H10N2O. The van der Waals surface area contributed by atoms with Gasteiger partial charge in [-0.25, -0.2) is 9.97 Å². The lowest BCUT2D eigenvalue weighted by Crippen LogP contribution is -1.88. The number of fused-ring (bicyclic) bond motifs is 1. The number of aryl methyl sites for hydroxylation is 2. The van der Waals surface area contributed by atoms with Crippen molar-refractivity contribution in [1.29, 1.82) is 0 Å². The SMILES string of the molecule is Cc1ncc2cc(C)c(O)cc2n1. The van der Waals surface area contributed by atoms with E-state index in [0.717, 1.165) is 22.3 Å². The van der Waals surface area contributed by atoms with E-state index in [-0.39, 0.29) is 5.75 Å². The van der Waals surface area contributed by atoms with Gasteiger partial charge in [0.05, 0.1) is 5.52 Å². The van der Waals surface area contributed by atoms with E-state index in [0.29, 0.717) is 0 Å². The first kappa shape index (κ1) is 7.98. The van der Waals surface area contributed by atoms with Gasteiger partial charge in [0.15, 0.2) is 0 Å². The van der Waals surface area contributed by atoms with Gasteiger partial charge in [0, 0.05) is 17.6 Å². The average Bonchev–Trinajstić information content (AvgIpc) is 2.08. The summed E-state index contributed by atoms with van der Waals surface area (Å²) in [6, 6.07) is 3.55. The molecule has 1 heterocycles. The number of benzene rings is 1. The summed E-state index contributed by atoms with van der Waals surface area (Å²) in [5.41, 5.74) is 1.63. The molecule has 1 aromatic heterocycles. The minimum Gasteiger partial charge on any atom is -0.508 e. The first-order valence-electron chi connectivity index (χ1n) is 4.10. The molecule has 0 atom stereocenters. The van der Waals surface area contributed by atoms with Crippen LogP contribution in [0.3, 0.4) is 0 Å². The first-order chi connectivity index (χ1) is 6.16. The Balaban J connectivity index is 2.81. The molecule has 0 aliphatic heterocycles. The van der Waals surface area contributed by atoms with E-state index >= 15 is 0 Å². The lowest BCUT2D eigenvalue weighted by atomic mass is 10.1. The van der Waals surface area contributed by atoms with E-state index in [1.807, 2.05) is 19.9 Å². The number of nitrogens with zero attached hydrogens (tertiary/aromatic N) is 2. The van der Waals surface area contributed by atoms with Crippen molar-refractivity contribution < 1.29 is 5.11 Å². The Morgan fingerprint density at radius 1 is 1.23 bits per heavy atom. The topological polar surface area (TPSA) is 46.0 Å². The van der Waals surface area contributed by atoms with Gasteiger partial charge in [0.25, 0.3) is 0 Å². The highest BCUT2D eigenvalue weighted by Gasteiger charge is 2.01. The highest BCUT2D eigenvalue weighted by atomic mass is 16.3. The summed E-state index contributed by atoms with van der Waals surface area (Å²) in [5.74, 6) is 1.00. The van der Waals surface area contributed by atoms with E-state index in [1.54, 1.807) is 12.3 Å². The van der Waals surface area contributed by atoms with Crippen molar-refractivity contribution in [3.05, 3.63) is 29.7 Å². The number of aromatic nitrogens is 2. The second-order valence-corrected chi connectivity index (χ2v) is 3.11. The molecule has 0 saturated heterocycles. The Bertz CT molecular complexity index is 466. The van der Waals surface area contributed by atoms with Crippen LogP contribution in [0.1, 0.15) is 11.4 Å². The second-order valence-electron chi connectivity index (χ2n) is 3.11. The third-order valence-electron chi connectivity index (χ3n) is 2.02. The molecule has 1 N–H and O–H groups in total. The van der Waals surface area contributed by atoms with Gasteiger partial charge < -0.3 is 5.11 Å². The molecule has 0 unspecified atom stereocenters. The fraction of sp³-hybridized carbons (Fsp3) is 0.200. The molecular weight excluding hydrogens is 164 g/mol. The molecule has 3 nitrogen and oxygen atoms in total. The van der Waals surface area contributed by atoms with Crippen LogP contribution in [0.4, 0.5) is 0 Å². The van der Waals surface area contributed by atoms with Crippen LogP contribution in [-0.2, 0) is 0 Å². The summed E-state index contributed by atoms with van der Waals surface area (Å²) in [6.07, 6.45) is 1.77. The molecule has 0 aliphatic carbocycles. The maximum Gasteiger partial charge on any atom is 0.125 e. The minimum absolute atomic E-state index is 0.283. The number of aromatic hydroxyl groups is 1. The molecule has 0 amide bonds. The smallest absolute Gasteiger partial charge is 0.125 e. The first-order valence-corrected chi connectivity index (χ1v) is 4.10. The van der Waals surface area contributed by atoms with Crippen molar-refractivity contribution in [1.82, 2.24) is 9.97 Å². The fourth-order valence-corrected chi connectivity index (χ4v) is 1.27. The van der Waals surface area contributed by atoms with Crippen molar-refractivity contribution in [2.24, 2.45) is 0 Å². The highest BCUT2D eigenvalue weighted by Crippen LogP contribution is 2.22. The van der Waals surface area contributed by atoms with Gasteiger partial charge in [-0.15, -0.1) is 0 Å². The fourth-order valence-electron chi connectivity index (χ4n) is 1.27. The summed E-state index contributed by atoms with van der Waals surface area (Å²) in [7, 11) is 0. The zero-order chi connectivity index (χ0) is 9.42. The molecule has 2 aromatic rings. The Kier molecular flexibility index (Phi) is 1.65. The summed E-state index contributed by atoms with van der Waals surface area (Å²) < 4.78 is 0. The van der Waals surface area contributed by atoms with E-state index in [9.17, 15) is 5.11 Å². The predicted octanol–water partition coefficient (Wildman–Crippen LogP) is 1.95. The van der Waals surface area contributed by atoms with Crippen molar-refractivity contribution in [2.75, 3.05) is 0 Å². The van der Waals surface area contributed by atoms with E-state index in [2.05, 4.69) is 9.97 Å². The van der Waals surface area contributed by atoms with Crippen LogP contribution in [0.5, 0.6) is 5.75 Å². The highest BCUT2D eigenvalue weighted by molar-refractivity contribution is 5.80. The largest absolute Gasteiger partial charge is 0.508 e. The van der Waals surface area contributed by atoms with Crippen molar-refractivity contribution in [3.8, 4) is 5.75 Å². The normalized spacial score (nSPS) is 10.6. The Labute approximate surface area is 76.1 Å². The van der Waals surface area contributed by atoms with Crippen LogP contribution in [0.25, 0.3) is 10.9 Å². The molecule has 0 radical (unpaired) electrons. The van der Waals surface area contributed by atoms with Crippen LogP contribution in [-0.4, -0.2) is 15.1 Å². The third-order valence-corrected chi connectivity index (χ3v) is 2.02. The molecule has 2 rings (SSSR count). The standard InChI is InChI=1S/C10H10N2O/c1-6-3-8-5-11-7(2)12-9(8)4-10(6)13/h3-5,13H,1-2H3. The number of hydrogen-bond donors (Lipinski definition) is 1. The van der Waals surface area contributed by atoms with E-state index in [4.69, 9.17) is 0 Å². The molecule has 13 heavy (non-hydrogen) atoms. The molecule has 0 fully saturated rings. The van der Waals surface area contributed by atoms with Crippen molar-refractivity contribution >= 4 is 10.9 Å². The lowest BCUT2D eigenvalue weighted by Gasteiger charge is -2.01. The third kappa shape index (κ3) is 1.33. The van der Waals surface area contributed by atoms with E-state index in [1.165, 1.54) is 0 Å². The van der Waals surface area contributed by atoms with Crippen LogP contribution in [0, 0.1) is 13.8 Å². The molecule has 0 aliphatic rings. The van der Waals surface area contributed by atoms with Crippen LogP contribution < -0.4 is 0 Å². The van der Waals surface area contributed by atoms with Gasteiger partial charge in [-0.05, 0) is 25.5 Å². The number of phenolic OH excluding ortho intramolecular Hbond substituents is 1. The predicted molar refractivity (Wildman–Crippen MR) is 50.7 cm³/mol. The Morgan fingerprint density at radius 2 is 2.00 bits per heavy atom. The molecule has 1 aromatic carbocycles. The number of phenols is 1. The molecule has 3 heteroatoms. The van der Waals surface area contributed by atoms with Crippen LogP contribution >= 0.6 is 0 Å². The van der Waals surface area contributed by atoms with Crippen LogP contribution in [0.15, 0.2) is 18.3 Å². The van der Waals surface area contributed by atoms with Crippen LogP contribution in [0.2, 0.25) is 0 Å². The second kappa shape index (κ2) is 2.69. The quantitative estimate of drug-likeness (QED) is 0.664. The number of rotatable bonds is 0. The molecule has 0 spiro atoms. The van der Waals surface area contributed by atoms with Gasteiger partial charge in [0.2, 0.25) is 0 Å². The van der Waals surface area contributed by atoms with Crippen molar-refractivity contribution in [3.63, 3.8) is 0 Å². The summed E-state index contributed by atoms with van der Waals surface area (Å²) in [5, 5.41) is 10.4. The minimum atomic E-state index is 0.283. The van der Waals surface area contributed by atoms with Gasteiger partial charge in [-0.2, -0.15) is 0 Å². The van der Waals surface area contributed by atoms with Gasteiger partial charge in [-0.1, -0.05) is 0 Å². The maximum atomic E-state index is 9.45. The van der Waals surface area contributed by atoms with Gasteiger partial charge in [0.1, 0.15) is 11.6 Å². The summed E-state index contributed by atoms with van der Waals surface area (Å²) in [6.45, 7) is 3.69. The molecule has 66 valence electrons. The van der Waals surface area contributed by atoms with Gasteiger partial charge in [-0.3, -0.25) is 0 Å². The lowest BCUT2D eigenvalue weighted by molar-refractivity contribution is 0.472. The van der Waals surface area contributed by atoms with E-state index < -0.39 is 0 Å². The zero-order valence-corrected chi connectivity index (χ0v) is 7.57. The van der Waals surface area contributed by atoms with Gasteiger partial charge >= 0.3 is 0 Å². The molecule has 0 bridgehead atoms. The molecule has 0 saturated carbocycles.